The second-order valence-electron chi connectivity index (χ2n) is 6.38. The first kappa shape index (κ1) is 16.2. The molecule has 0 fully saturated rings. The molecule has 5 heteroatoms. The third kappa shape index (κ3) is 3.31. The Morgan fingerprint density at radius 3 is 2.70 bits per heavy atom. The van der Waals surface area contributed by atoms with Gasteiger partial charge < -0.3 is 4.42 Å². The zero-order valence-electron chi connectivity index (χ0n) is 13.5. The molecule has 0 bridgehead atoms. The molecule has 0 saturated heterocycles. The fourth-order valence-corrected chi connectivity index (χ4v) is 3.46. The summed E-state index contributed by atoms with van der Waals surface area (Å²) in [6.45, 7) is 8.32. The Labute approximate surface area is 145 Å². The maximum atomic E-state index is 6.42. The highest BCUT2D eigenvalue weighted by Gasteiger charge is 2.24. The Bertz CT molecular complexity index is 824. The number of nitrogens with zero attached hydrogens (tertiary/aromatic N) is 2. The van der Waals surface area contributed by atoms with Crippen molar-refractivity contribution in [2.45, 2.75) is 43.3 Å². The standard InChI is InChI=1S/C18H17ClN2OS/c1-11(13-7-5-6-10-20-13)23-16-12(19)8-9-14-15(16)22-17(21-14)18(2,3)4/h5,7-9,11H,1-4H3. The number of thioether (sulfide) groups is 1. The molecule has 0 saturated carbocycles. The third-order valence-corrected chi connectivity index (χ3v) is 5.07. The molecular formula is C18H17ClN2OS. The van der Waals surface area contributed by atoms with Crippen LogP contribution in [0.2, 0.25) is 5.02 Å². The van der Waals surface area contributed by atoms with Crippen LogP contribution >= 0.6 is 23.4 Å². The Morgan fingerprint density at radius 2 is 2.04 bits per heavy atom. The first-order chi connectivity index (χ1) is 10.9. The van der Waals surface area contributed by atoms with Gasteiger partial charge in [-0.1, -0.05) is 32.4 Å². The predicted octanol–water partition coefficient (Wildman–Crippen LogP) is 5.63. The lowest BCUT2D eigenvalue weighted by Gasteiger charge is -2.12. The van der Waals surface area contributed by atoms with E-state index >= 15 is 0 Å². The van der Waals surface area contributed by atoms with Crippen LogP contribution in [0.4, 0.5) is 0 Å². The van der Waals surface area contributed by atoms with E-state index in [-0.39, 0.29) is 10.7 Å². The maximum absolute atomic E-state index is 6.42. The maximum Gasteiger partial charge on any atom is 0.200 e. The molecule has 3 nitrogen and oxygen atoms in total. The van der Waals surface area contributed by atoms with Gasteiger partial charge in [0.25, 0.3) is 0 Å². The van der Waals surface area contributed by atoms with Gasteiger partial charge in [0.2, 0.25) is 5.89 Å². The van der Waals surface area contributed by atoms with Gasteiger partial charge in [-0.25, -0.2) is 9.97 Å². The van der Waals surface area contributed by atoms with Gasteiger partial charge in [0.05, 0.1) is 15.6 Å². The molecule has 0 aliphatic rings. The van der Waals surface area contributed by atoms with Crippen molar-refractivity contribution < 1.29 is 4.42 Å². The van der Waals surface area contributed by atoms with Crippen LogP contribution in [0.15, 0.2) is 33.6 Å². The number of hydrogen-bond acceptors (Lipinski definition) is 4. The SMILES string of the molecule is CC(Sc1c(Cl)ccc2nc(C(C)(C)C)oc12)c1ccc#cn1. The Balaban J connectivity index is 2.02. The molecule has 1 aromatic carbocycles. The van der Waals surface area contributed by atoms with E-state index < -0.39 is 0 Å². The molecule has 0 radical (unpaired) electrons. The van der Waals surface area contributed by atoms with Crippen molar-refractivity contribution in [1.29, 1.82) is 0 Å². The predicted molar refractivity (Wildman–Crippen MR) is 93.9 cm³/mol. The van der Waals surface area contributed by atoms with E-state index in [1.807, 2.05) is 24.3 Å². The van der Waals surface area contributed by atoms with Crippen molar-refractivity contribution >= 4 is 34.5 Å². The van der Waals surface area contributed by atoms with Crippen molar-refractivity contribution in [3.63, 3.8) is 0 Å². The first-order valence-corrected chi connectivity index (χ1v) is 8.63. The zero-order chi connectivity index (χ0) is 16.6. The molecule has 0 spiro atoms. The monoisotopic (exact) mass is 344 g/mol. The van der Waals surface area contributed by atoms with Crippen LogP contribution in [-0.4, -0.2) is 9.97 Å². The number of rotatable bonds is 3. The van der Waals surface area contributed by atoms with Crippen LogP contribution in [-0.2, 0) is 5.41 Å². The van der Waals surface area contributed by atoms with Gasteiger partial charge in [0.1, 0.15) is 5.52 Å². The fraction of sp³-hybridized carbons (Fsp3) is 0.333. The second-order valence-corrected chi connectivity index (χ2v) is 8.14. The summed E-state index contributed by atoms with van der Waals surface area (Å²) in [6, 6.07) is 10.3. The van der Waals surface area contributed by atoms with E-state index in [1.165, 1.54) is 0 Å². The highest BCUT2D eigenvalue weighted by atomic mass is 35.5. The van der Waals surface area contributed by atoms with Gasteiger partial charge in [0, 0.05) is 16.9 Å². The average molecular weight is 345 g/mol. The van der Waals surface area contributed by atoms with E-state index in [0.29, 0.717) is 10.9 Å². The van der Waals surface area contributed by atoms with Crippen LogP contribution in [0.1, 0.15) is 44.5 Å². The summed E-state index contributed by atoms with van der Waals surface area (Å²) in [5, 5.41) is 0.782. The highest BCUT2D eigenvalue weighted by Crippen LogP contribution is 2.42. The topological polar surface area (TPSA) is 38.9 Å². The van der Waals surface area contributed by atoms with Crippen LogP contribution in [0.5, 0.6) is 0 Å². The van der Waals surface area contributed by atoms with Crippen molar-refractivity contribution in [3.05, 3.63) is 53.1 Å². The lowest BCUT2D eigenvalue weighted by molar-refractivity contribution is 0.409. The summed E-state index contributed by atoms with van der Waals surface area (Å²) < 4.78 is 6.03. The highest BCUT2D eigenvalue weighted by molar-refractivity contribution is 7.99. The summed E-state index contributed by atoms with van der Waals surface area (Å²) >= 11 is 8.03. The Morgan fingerprint density at radius 1 is 1.26 bits per heavy atom. The van der Waals surface area contributed by atoms with E-state index in [4.69, 9.17) is 16.0 Å². The second kappa shape index (κ2) is 6.07. The normalized spacial score (nSPS) is 13.1. The average Bonchev–Trinajstić information content (AvgIpc) is 2.95. The molecular weight excluding hydrogens is 328 g/mol. The van der Waals surface area contributed by atoms with Crippen LogP contribution < -0.4 is 0 Å². The molecule has 1 unspecified atom stereocenters. The van der Waals surface area contributed by atoms with Crippen molar-refractivity contribution in [3.8, 4) is 0 Å². The minimum absolute atomic E-state index is 0.118. The number of oxazole rings is 1. The molecule has 0 aliphatic heterocycles. The van der Waals surface area contributed by atoms with Gasteiger partial charge in [-0.3, -0.25) is 0 Å². The molecule has 0 aliphatic carbocycles. The van der Waals surface area contributed by atoms with Crippen LogP contribution in [0, 0.1) is 12.3 Å². The van der Waals surface area contributed by atoms with Gasteiger partial charge >= 0.3 is 0 Å². The molecule has 118 valence electrons. The molecule has 0 N–H and O–H groups in total. The lowest BCUT2D eigenvalue weighted by Crippen LogP contribution is -2.10. The molecule has 3 aromatic rings. The van der Waals surface area contributed by atoms with Crippen LogP contribution in [0.3, 0.4) is 0 Å². The molecule has 0 amide bonds. The van der Waals surface area contributed by atoms with Crippen molar-refractivity contribution in [1.82, 2.24) is 9.97 Å². The Kier molecular flexibility index (Phi) is 4.27. The summed E-state index contributed by atoms with van der Waals surface area (Å²) in [4.78, 5) is 9.74. The summed E-state index contributed by atoms with van der Waals surface area (Å²) in [6.07, 6.45) is 2.75. The number of benzene rings is 1. The zero-order valence-corrected chi connectivity index (χ0v) is 15.0. The van der Waals surface area contributed by atoms with Gasteiger partial charge in [0.15, 0.2) is 5.58 Å². The molecule has 2 heterocycles. The number of hydrogen-bond donors (Lipinski definition) is 0. The van der Waals surface area contributed by atoms with E-state index in [0.717, 1.165) is 21.7 Å². The van der Waals surface area contributed by atoms with E-state index in [2.05, 4.69) is 49.9 Å². The third-order valence-electron chi connectivity index (χ3n) is 3.40. The quantitative estimate of drug-likeness (QED) is 0.577. The number of halogens is 1. The molecule has 2 aromatic heterocycles. The van der Waals surface area contributed by atoms with Crippen molar-refractivity contribution in [2.24, 2.45) is 0 Å². The number of aromatic nitrogens is 2. The number of fused-ring (bicyclic) bond motifs is 1. The summed E-state index contributed by atoms with van der Waals surface area (Å²) in [5.41, 5.74) is 2.35. The Hall–Kier alpha value is -1.70. The minimum Gasteiger partial charge on any atom is -0.439 e. The lowest BCUT2D eigenvalue weighted by atomic mass is 9.97. The van der Waals surface area contributed by atoms with Gasteiger partial charge in [-0.15, -0.1) is 11.8 Å². The largest absolute Gasteiger partial charge is 0.439 e. The van der Waals surface area contributed by atoms with E-state index in [9.17, 15) is 0 Å². The first-order valence-electron chi connectivity index (χ1n) is 7.37. The molecule has 3 rings (SSSR count). The summed E-state index contributed by atoms with van der Waals surface area (Å²) in [5.74, 6) is 0.713. The smallest absolute Gasteiger partial charge is 0.200 e. The van der Waals surface area contributed by atoms with Gasteiger partial charge in [-0.2, -0.15) is 0 Å². The molecule has 23 heavy (non-hydrogen) atoms. The minimum atomic E-state index is -0.148. The van der Waals surface area contributed by atoms with Crippen LogP contribution in [0.25, 0.3) is 11.1 Å². The van der Waals surface area contributed by atoms with Gasteiger partial charge in [-0.05, 0) is 37.3 Å². The fourth-order valence-electron chi connectivity index (χ4n) is 2.14. The van der Waals surface area contributed by atoms with E-state index in [1.54, 1.807) is 11.8 Å². The summed E-state index contributed by atoms with van der Waals surface area (Å²) in [7, 11) is 0. The van der Waals surface area contributed by atoms with Crippen molar-refractivity contribution in [2.75, 3.05) is 0 Å². The molecule has 1 atom stereocenters.